The number of amides is 1. The molecule has 16 heavy (non-hydrogen) atoms. The zero-order valence-corrected chi connectivity index (χ0v) is 10.9. The molecule has 0 aromatic rings. The SMILES string of the molecule is CCCC(=O)NC1(C(N)=S)CCCCCC1. The van der Waals surface area contributed by atoms with Crippen molar-refractivity contribution in [2.24, 2.45) is 5.73 Å². The second-order valence-electron chi connectivity index (χ2n) is 4.66. The summed E-state index contributed by atoms with van der Waals surface area (Å²) < 4.78 is 0. The Balaban J connectivity index is 2.70. The first-order valence-corrected chi connectivity index (χ1v) is 6.62. The largest absolute Gasteiger partial charge is 0.391 e. The van der Waals surface area contributed by atoms with Crippen molar-refractivity contribution in [1.29, 1.82) is 0 Å². The first kappa shape index (κ1) is 13.4. The minimum Gasteiger partial charge on any atom is -0.391 e. The number of carbonyl (C=O) groups is 1. The minimum absolute atomic E-state index is 0.0807. The highest BCUT2D eigenvalue weighted by atomic mass is 32.1. The van der Waals surface area contributed by atoms with Crippen LogP contribution in [0.15, 0.2) is 0 Å². The third-order valence-corrected chi connectivity index (χ3v) is 3.68. The van der Waals surface area contributed by atoms with Crippen LogP contribution in [0, 0.1) is 0 Å². The number of hydrogen-bond acceptors (Lipinski definition) is 2. The van der Waals surface area contributed by atoms with E-state index in [-0.39, 0.29) is 5.91 Å². The van der Waals surface area contributed by atoms with Gasteiger partial charge in [-0.1, -0.05) is 44.8 Å². The van der Waals surface area contributed by atoms with Gasteiger partial charge in [0.1, 0.15) is 0 Å². The maximum absolute atomic E-state index is 11.7. The zero-order valence-electron chi connectivity index (χ0n) is 10.1. The van der Waals surface area contributed by atoms with E-state index in [0.29, 0.717) is 11.4 Å². The van der Waals surface area contributed by atoms with Gasteiger partial charge in [-0.15, -0.1) is 0 Å². The molecule has 4 heteroatoms. The molecule has 1 aliphatic carbocycles. The van der Waals surface area contributed by atoms with Crippen molar-refractivity contribution < 1.29 is 4.79 Å². The Kier molecular flexibility index (Phi) is 5.19. The third-order valence-electron chi connectivity index (χ3n) is 3.28. The molecular weight excluding hydrogens is 220 g/mol. The fourth-order valence-corrected chi connectivity index (χ4v) is 2.58. The molecule has 3 nitrogen and oxygen atoms in total. The van der Waals surface area contributed by atoms with Crippen LogP contribution in [0.2, 0.25) is 0 Å². The van der Waals surface area contributed by atoms with Crippen molar-refractivity contribution in [2.45, 2.75) is 63.8 Å². The molecule has 0 spiro atoms. The summed E-state index contributed by atoms with van der Waals surface area (Å²) in [5.41, 5.74) is 5.43. The molecule has 0 atom stereocenters. The fourth-order valence-electron chi connectivity index (χ4n) is 2.32. The predicted molar refractivity (Wildman–Crippen MR) is 70.3 cm³/mol. The van der Waals surface area contributed by atoms with Crippen molar-refractivity contribution >= 4 is 23.1 Å². The molecule has 0 heterocycles. The second-order valence-corrected chi connectivity index (χ2v) is 5.10. The maximum Gasteiger partial charge on any atom is 0.220 e. The average molecular weight is 242 g/mol. The van der Waals surface area contributed by atoms with E-state index in [0.717, 1.165) is 32.1 Å². The van der Waals surface area contributed by atoms with Crippen LogP contribution in [-0.4, -0.2) is 16.4 Å². The minimum atomic E-state index is -0.405. The van der Waals surface area contributed by atoms with Gasteiger partial charge in [-0.05, 0) is 19.3 Å². The van der Waals surface area contributed by atoms with Crippen LogP contribution < -0.4 is 11.1 Å². The lowest BCUT2D eigenvalue weighted by molar-refractivity contribution is -0.122. The molecule has 1 amide bonds. The summed E-state index contributed by atoms with van der Waals surface area (Å²) >= 11 is 5.15. The topological polar surface area (TPSA) is 55.1 Å². The molecule has 0 unspecified atom stereocenters. The summed E-state index contributed by atoms with van der Waals surface area (Å²) in [5.74, 6) is 0.0807. The Bertz CT molecular complexity index is 258. The molecule has 0 saturated heterocycles. The number of nitrogens with two attached hydrogens (primary N) is 1. The molecule has 0 radical (unpaired) electrons. The Morgan fingerprint density at radius 3 is 2.31 bits per heavy atom. The van der Waals surface area contributed by atoms with Crippen molar-refractivity contribution in [3.63, 3.8) is 0 Å². The van der Waals surface area contributed by atoms with E-state index < -0.39 is 5.54 Å². The molecule has 1 aliphatic rings. The predicted octanol–water partition coefficient (Wildman–Crippen LogP) is 2.28. The summed E-state index contributed by atoms with van der Waals surface area (Å²) in [6, 6.07) is 0. The molecule has 1 fully saturated rings. The smallest absolute Gasteiger partial charge is 0.220 e. The average Bonchev–Trinajstić information content (AvgIpc) is 2.44. The van der Waals surface area contributed by atoms with E-state index in [1.165, 1.54) is 12.8 Å². The van der Waals surface area contributed by atoms with Crippen LogP contribution in [-0.2, 0) is 4.79 Å². The number of hydrogen-bond donors (Lipinski definition) is 2. The van der Waals surface area contributed by atoms with Crippen LogP contribution in [0.3, 0.4) is 0 Å². The van der Waals surface area contributed by atoms with E-state index in [4.69, 9.17) is 18.0 Å². The summed E-state index contributed by atoms with van der Waals surface area (Å²) in [6.45, 7) is 2.00. The van der Waals surface area contributed by atoms with E-state index in [1.807, 2.05) is 6.92 Å². The highest BCUT2D eigenvalue weighted by Crippen LogP contribution is 2.27. The number of carbonyl (C=O) groups excluding carboxylic acids is 1. The quantitative estimate of drug-likeness (QED) is 0.587. The molecule has 0 aromatic heterocycles. The van der Waals surface area contributed by atoms with E-state index in [9.17, 15) is 4.79 Å². The molecule has 1 saturated carbocycles. The van der Waals surface area contributed by atoms with Gasteiger partial charge in [0.2, 0.25) is 5.91 Å². The van der Waals surface area contributed by atoms with Crippen molar-refractivity contribution in [2.75, 3.05) is 0 Å². The molecule has 92 valence electrons. The maximum atomic E-state index is 11.7. The first-order chi connectivity index (χ1) is 7.60. The lowest BCUT2D eigenvalue weighted by Gasteiger charge is -2.32. The highest BCUT2D eigenvalue weighted by molar-refractivity contribution is 7.80. The van der Waals surface area contributed by atoms with Crippen molar-refractivity contribution in [1.82, 2.24) is 5.32 Å². The van der Waals surface area contributed by atoms with E-state index in [1.54, 1.807) is 0 Å². The lowest BCUT2D eigenvalue weighted by atomic mass is 9.90. The third kappa shape index (κ3) is 3.44. The molecule has 0 bridgehead atoms. The van der Waals surface area contributed by atoms with Crippen LogP contribution in [0.5, 0.6) is 0 Å². The van der Waals surface area contributed by atoms with Gasteiger partial charge in [0, 0.05) is 6.42 Å². The van der Waals surface area contributed by atoms with Gasteiger partial charge in [-0.3, -0.25) is 4.79 Å². The molecule has 1 rings (SSSR count). The molecule has 3 N–H and O–H groups in total. The van der Waals surface area contributed by atoms with Crippen LogP contribution in [0.25, 0.3) is 0 Å². The van der Waals surface area contributed by atoms with Gasteiger partial charge in [-0.2, -0.15) is 0 Å². The van der Waals surface area contributed by atoms with Crippen LogP contribution >= 0.6 is 12.2 Å². The highest BCUT2D eigenvalue weighted by Gasteiger charge is 2.35. The summed E-state index contributed by atoms with van der Waals surface area (Å²) in [5, 5.41) is 3.07. The number of nitrogens with one attached hydrogen (secondary N) is 1. The Hall–Kier alpha value is -0.640. The van der Waals surface area contributed by atoms with Gasteiger partial charge < -0.3 is 11.1 Å². The lowest BCUT2D eigenvalue weighted by Crippen LogP contribution is -2.56. The Morgan fingerprint density at radius 1 is 1.31 bits per heavy atom. The van der Waals surface area contributed by atoms with E-state index in [2.05, 4.69) is 5.32 Å². The second kappa shape index (κ2) is 6.18. The normalized spacial score (nSPS) is 19.8. The molecular formula is C12H22N2OS. The van der Waals surface area contributed by atoms with Gasteiger partial charge in [-0.25, -0.2) is 0 Å². The van der Waals surface area contributed by atoms with Crippen LogP contribution in [0.4, 0.5) is 0 Å². The van der Waals surface area contributed by atoms with Crippen molar-refractivity contribution in [3.8, 4) is 0 Å². The number of thiocarbonyl (C=S) groups is 1. The molecule has 0 aliphatic heterocycles. The summed E-state index contributed by atoms with van der Waals surface area (Å²) in [7, 11) is 0. The Morgan fingerprint density at radius 2 is 1.88 bits per heavy atom. The van der Waals surface area contributed by atoms with Crippen LogP contribution in [0.1, 0.15) is 58.3 Å². The fraction of sp³-hybridized carbons (Fsp3) is 0.833. The zero-order chi connectivity index (χ0) is 12.0. The molecule has 0 aromatic carbocycles. The van der Waals surface area contributed by atoms with E-state index >= 15 is 0 Å². The Labute approximate surface area is 103 Å². The first-order valence-electron chi connectivity index (χ1n) is 6.21. The van der Waals surface area contributed by atoms with Crippen molar-refractivity contribution in [3.05, 3.63) is 0 Å². The number of rotatable bonds is 4. The summed E-state index contributed by atoms with van der Waals surface area (Å²) in [4.78, 5) is 12.2. The summed E-state index contributed by atoms with van der Waals surface area (Å²) in [6.07, 6.45) is 7.86. The van der Waals surface area contributed by atoms with Gasteiger partial charge in [0.15, 0.2) is 0 Å². The van der Waals surface area contributed by atoms with Gasteiger partial charge in [0.25, 0.3) is 0 Å². The monoisotopic (exact) mass is 242 g/mol. The van der Waals surface area contributed by atoms with Gasteiger partial charge in [0.05, 0.1) is 10.5 Å². The standard InChI is InChI=1S/C12H22N2OS/c1-2-7-10(15)14-12(11(13)16)8-5-3-4-6-9-12/h2-9H2,1H3,(H2,13,16)(H,14,15). The van der Waals surface area contributed by atoms with Gasteiger partial charge >= 0.3 is 0 Å².